The summed E-state index contributed by atoms with van der Waals surface area (Å²) in [5.74, 6) is 0.277. The second kappa shape index (κ2) is 13.4. The van der Waals surface area contributed by atoms with Crippen LogP contribution in [0.25, 0.3) is 10.4 Å². The monoisotopic (exact) mass is 582 g/mol. The van der Waals surface area contributed by atoms with Crippen molar-refractivity contribution < 1.29 is 32.5 Å². The van der Waals surface area contributed by atoms with Crippen molar-refractivity contribution in [3.05, 3.63) is 105 Å². The average Bonchev–Trinajstić information content (AvgIpc) is 3.31. The maximum absolute atomic E-state index is 13.8. The third kappa shape index (κ3) is 7.19. The van der Waals surface area contributed by atoms with E-state index in [1.807, 2.05) is 0 Å². The number of hydrazine groups is 1. The molecule has 0 fully saturated rings. The number of hydrogen-bond donors (Lipinski definition) is 3. The molecule has 0 saturated heterocycles. The zero-order chi connectivity index (χ0) is 30.2. The first-order valence-electron chi connectivity index (χ1n) is 13.1. The Morgan fingerprint density at radius 2 is 1.86 bits per heavy atom. The van der Waals surface area contributed by atoms with E-state index >= 15 is 0 Å². The molecule has 0 spiro atoms. The zero-order valence-corrected chi connectivity index (χ0v) is 22.6. The van der Waals surface area contributed by atoms with Gasteiger partial charge in [-0.2, -0.15) is 13.2 Å². The summed E-state index contributed by atoms with van der Waals surface area (Å²) in [6, 6.07) is 18.3. The number of hydrogen-bond acceptors (Lipinski definition) is 7. The van der Waals surface area contributed by atoms with Crippen LogP contribution in [-0.4, -0.2) is 41.8 Å². The summed E-state index contributed by atoms with van der Waals surface area (Å²) in [5.41, 5.74) is 14.2. The second-order valence-electron chi connectivity index (χ2n) is 9.55. The molecule has 1 aliphatic heterocycles. The number of aliphatic hydroxyl groups is 1. The number of ether oxygens (including phenoxy) is 2. The first-order chi connectivity index (χ1) is 20.2. The van der Waals surface area contributed by atoms with Crippen molar-refractivity contribution in [2.24, 2.45) is 10.1 Å². The lowest BCUT2D eigenvalue weighted by Crippen LogP contribution is -2.55. The first kappa shape index (κ1) is 30.4. The third-order valence-corrected chi connectivity index (χ3v) is 6.71. The molecule has 3 N–H and O–H groups in total. The summed E-state index contributed by atoms with van der Waals surface area (Å²) in [6.07, 6.45) is -4.67. The SMILES string of the molecule is C[C@@H]1OC(c2ccc(OCCCO)cc2)=N[C@]1(Cc1ccccc1N=[N+]=[N-])C(=O)NNCc1ccc(C(F)(F)F)cc1. The van der Waals surface area contributed by atoms with Gasteiger partial charge in [-0.25, -0.2) is 10.4 Å². The molecule has 10 nitrogen and oxygen atoms in total. The number of rotatable bonds is 12. The van der Waals surface area contributed by atoms with Crippen LogP contribution in [0.4, 0.5) is 18.9 Å². The van der Waals surface area contributed by atoms with Gasteiger partial charge in [-0.15, -0.1) is 0 Å². The molecule has 220 valence electrons. The fourth-order valence-electron chi connectivity index (χ4n) is 4.39. The number of halogens is 3. The molecule has 0 aromatic heterocycles. The first-order valence-corrected chi connectivity index (χ1v) is 13.1. The van der Waals surface area contributed by atoms with E-state index in [0.29, 0.717) is 41.2 Å². The van der Waals surface area contributed by atoms with Gasteiger partial charge < -0.3 is 14.6 Å². The van der Waals surface area contributed by atoms with Gasteiger partial charge in [0.25, 0.3) is 5.91 Å². The Kier molecular flexibility index (Phi) is 9.68. The highest BCUT2D eigenvalue weighted by Gasteiger charge is 2.50. The van der Waals surface area contributed by atoms with Crippen LogP contribution in [0, 0.1) is 0 Å². The summed E-state index contributed by atoms with van der Waals surface area (Å²) < 4.78 is 50.3. The van der Waals surface area contributed by atoms with Gasteiger partial charge >= 0.3 is 6.18 Å². The number of alkyl halides is 3. The van der Waals surface area contributed by atoms with Gasteiger partial charge in [0.1, 0.15) is 11.9 Å². The van der Waals surface area contributed by atoms with E-state index in [4.69, 9.17) is 25.1 Å². The van der Waals surface area contributed by atoms with Crippen LogP contribution in [-0.2, 0) is 28.7 Å². The Hall–Kier alpha value is -4.58. The van der Waals surface area contributed by atoms with Gasteiger partial charge in [-0.05, 0) is 60.0 Å². The lowest BCUT2D eigenvalue weighted by Gasteiger charge is -2.28. The minimum absolute atomic E-state index is 0.0206. The number of aliphatic hydroxyl groups excluding tert-OH is 1. The number of nitrogens with zero attached hydrogens (tertiary/aromatic N) is 4. The van der Waals surface area contributed by atoms with Crippen LogP contribution in [0.1, 0.15) is 35.6 Å². The topological polar surface area (TPSA) is 141 Å². The van der Waals surface area contributed by atoms with Gasteiger partial charge in [-0.1, -0.05) is 41.5 Å². The Bertz CT molecular complexity index is 1460. The highest BCUT2D eigenvalue weighted by molar-refractivity contribution is 6.00. The van der Waals surface area contributed by atoms with E-state index in [9.17, 15) is 18.0 Å². The largest absolute Gasteiger partial charge is 0.494 e. The Morgan fingerprint density at radius 1 is 1.14 bits per heavy atom. The number of benzene rings is 3. The van der Waals surface area contributed by atoms with Crippen molar-refractivity contribution in [3.63, 3.8) is 0 Å². The van der Waals surface area contributed by atoms with E-state index < -0.39 is 29.3 Å². The van der Waals surface area contributed by atoms with Crippen LogP contribution >= 0.6 is 0 Å². The molecule has 0 bridgehead atoms. The Morgan fingerprint density at radius 3 is 2.52 bits per heavy atom. The molecule has 0 aliphatic carbocycles. The molecule has 1 aliphatic rings. The van der Waals surface area contributed by atoms with E-state index in [2.05, 4.69) is 20.9 Å². The lowest BCUT2D eigenvalue weighted by molar-refractivity contribution is -0.137. The molecule has 1 heterocycles. The maximum Gasteiger partial charge on any atom is 0.416 e. The van der Waals surface area contributed by atoms with E-state index in [-0.39, 0.29) is 25.5 Å². The summed E-state index contributed by atoms with van der Waals surface area (Å²) in [5, 5.41) is 12.7. The molecule has 2 atom stereocenters. The number of aliphatic imine (C=N–C) groups is 1. The highest BCUT2D eigenvalue weighted by Crippen LogP contribution is 2.35. The predicted octanol–water partition coefficient (Wildman–Crippen LogP) is 5.38. The molecule has 0 saturated carbocycles. The number of azide groups is 1. The number of carbonyl (C=O) groups excluding carboxylic acids is 1. The molecule has 13 heteroatoms. The van der Waals surface area contributed by atoms with Crippen LogP contribution in [0.15, 0.2) is 82.9 Å². The van der Waals surface area contributed by atoms with Gasteiger partial charge in [0, 0.05) is 42.2 Å². The Labute approximate surface area is 239 Å². The molecule has 0 unspecified atom stereocenters. The van der Waals surface area contributed by atoms with Gasteiger partial charge in [0.05, 0.1) is 12.2 Å². The van der Waals surface area contributed by atoms with Crippen molar-refractivity contribution in [2.45, 2.75) is 44.1 Å². The molecule has 0 radical (unpaired) electrons. The third-order valence-electron chi connectivity index (χ3n) is 6.71. The fraction of sp³-hybridized carbons (Fsp3) is 0.310. The quantitative estimate of drug-likeness (QED) is 0.0865. The van der Waals surface area contributed by atoms with E-state index in [0.717, 1.165) is 12.1 Å². The van der Waals surface area contributed by atoms with Crippen LogP contribution in [0.2, 0.25) is 0 Å². The van der Waals surface area contributed by atoms with Crippen molar-refractivity contribution in [2.75, 3.05) is 13.2 Å². The normalized spacial score (nSPS) is 18.0. The minimum atomic E-state index is -4.44. The summed E-state index contributed by atoms with van der Waals surface area (Å²) >= 11 is 0. The molecule has 3 aromatic rings. The maximum atomic E-state index is 13.8. The van der Waals surface area contributed by atoms with Crippen molar-refractivity contribution >= 4 is 17.5 Å². The number of amides is 1. The predicted molar refractivity (Wildman–Crippen MR) is 149 cm³/mol. The van der Waals surface area contributed by atoms with Crippen LogP contribution in [0.3, 0.4) is 0 Å². The molecule has 4 rings (SSSR count). The van der Waals surface area contributed by atoms with Gasteiger partial charge in [0.15, 0.2) is 5.54 Å². The fourth-order valence-corrected chi connectivity index (χ4v) is 4.39. The standard InChI is InChI=1S/C29H29F3N6O4/c1-19-28(17-22-5-2-3-6-25(22)36-38-33,27(40)37-34-18-20-7-11-23(12-8-20)29(30,31)32)35-26(42-19)21-9-13-24(14-10-21)41-16-4-15-39/h2-3,5-14,19,34,39H,4,15-18H2,1H3,(H,37,40)/t19-,28-/m0/s1. The van der Waals surface area contributed by atoms with E-state index in [1.54, 1.807) is 55.5 Å². The van der Waals surface area contributed by atoms with Crippen LogP contribution < -0.4 is 15.6 Å². The Balaban J connectivity index is 1.58. The smallest absolute Gasteiger partial charge is 0.416 e. The molecular formula is C29H29F3N6O4. The average molecular weight is 583 g/mol. The number of carbonyl (C=O) groups is 1. The minimum Gasteiger partial charge on any atom is -0.494 e. The second-order valence-corrected chi connectivity index (χ2v) is 9.55. The van der Waals surface area contributed by atoms with Gasteiger partial charge in [0.2, 0.25) is 5.90 Å². The van der Waals surface area contributed by atoms with Crippen LogP contribution in [0.5, 0.6) is 5.75 Å². The summed E-state index contributed by atoms with van der Waals surface area (Å²) in [4.78, 5) is 21.4. The number of nitrogens with one attached hydrogen (secondary N) is 2. The van der Waals surface area contributed by atoms with Gasteiger partial charge in [-0.3, -0.25) is 10.2 Å². The van der Waals surface area contributed by atoms with Crippen molar-refractivity contribution in [1.82, 2.24) is 10.9 Å². The highest BCUT2D eigenvalue weighted by atomic mass is 19.4. The lowest BCUT2D eigenvalue weighted by atomic mass is 9.85. The molecule has 3 aromatic carbocycles. The zero-order valence-electron chi connectivity index (χ0n) is 22.6. The van der Waals surface area contributed by atoms with E-state index in [1.165, 1.54) is 12.1 Å². The van der Waals surface area contributed by atoms with Crippen molar-refractivity contribution in [1.29, 1.82) is 0 Å². The molecule has 1 amide bonds. The summed E-state index contributed by atoms with van der Waals surface area (Å²) in [6.45, 7) is 2.14. The van der Waals surface area contributed by atoms with Crippen molar-refractivity contribution in [3.8, 4) is 5.75 Å². The molecule has 42 heavy (non-hydrogen) atoms. The summed E-state index contributed by atoms with van der Waals surface area (Å²) in [7, 11) is 0. The molecular weight excluding hydrogens is 553 g/mol.